The molecule has 0 saturated carbocycles. The van der Waals surface area contributed by atoms with Gasteiger partial charge in [-0.2, -0.15) is 0 Å². The second-order valence-corrected chi connectivity index (χ2v) is 12.9. The highest BCUT2D eigenvalue weighted by atomic mass is 16.6. The Kier molecular flexibility index (Phi) is 7.84. The number of benzene rings is 2. The van der Waals surface area contributed by atoms with Gasteiger partial charge in [-0.15, -0.1) is 0 Å². The van der Waals surface area contributed by atoms with Crippen LogP contribution in [0.25, 0.3) is 33.5 Å². The van der Waals surface area contributed by atoms with Gasteiger partial charge in [0.25, 0.3) is 0 Å². The molecule has 0 bridgehead atoms. The third-order valence-corrected chi connectivity index (χ3v) is 6.79. The normalized spacial score (nSPS) is 12.7. The summed E-state index contributed by atoms with van der Waals surface area (Å²) in [5.74, 6) is -0.253. The van der Waals surface area contributed by atoms with Crippen LogP contribution in [0, 0.1) is 6.92 Å². The van der Waals surface area contributed by atoms with Crippen LogP contribution < -0.4 is 10.7 Å². The first-order valence-corrected chi connectivity index (χ1v) is 14.5. The van der Waals surface area contributed by atoms with Gasteiger partial charge in [0.1, 0.15) is 16.8 Å². The fourth-order valence-corrected chi connectivity index (χ4v) is 5.03. The summed E-state index contributed by atoms with van der Waals surface area (Å²) in [7, 11) is 0. The van der Waals surface area contributed by atoms with Crippen LogP contribution in [0.15, 0.2) is 76.1 Å². The number of hydrogen-bond acceptors (Lipinski definition) is 8. The average molecular weight is 596 g/mol. The van der Waals surface area contributed by atoms with E-state index in [-0.39, 0.29) is 11.2 Å². The van der Waals surface area contributed by atoms with Gasteiger partial charge in [-0.25, -0.2) is 14.2 Å². The summed E-state index contributed by atoms with van der Waals surface area (Å²) >= 11 is 0. The zero-order valence-corrected chi connectivity index (χ0v) is 26.3. The fraction of sp³-hybridized carbons (Fsp3) is 0.314. The predicted octanol–water partition coefficient (Wildman–Crippen LogP) is 8.03. The number of para-hydroxylation sites is 1. The van der Waals surface area contributed by atoms with Crippen LogP contribution >= 0.6 is 0 Å². The minimum atomic E-state index is -0.751. The number of carbonyl (C=O) groups excluding carboxylic acids is 2. The maximum Gasteiger partial charge on any atom is 0.419 e. The van der Waals surface area contributed by atoms with Crippen molar-refractivity contribution < 1.29 is 23.5 Å². The molecule has 0 radical (unpaired) electrons. The van der Waals surface area contributed by atoms with Crippen LogP contribution in [0.3, 0.4) is 0 Å². The number of rotatable bonds is 5. The largest absolute Gasteiger partial charge is 0.456 e. The molecule has 0 amide bonds. The zero-order chi connectivity index (χ0) is 32.0. The molecule has 1 atom stereocenters. The molecular formula is C35H37N3O6. The molecule has 228 valence electrons. The van der Waals surface area contributed by atoms with Crippen molar-refractivity contribution in [1.82, 2.24) is 9.55 Å². The van der Waals surface area contributed by atoms with Crippen molar-refractivity contribution >= 4 is 39.8 Å². The molecule has 0 aliphatic carbocycles. The number of anilines is 1. The van der Waals surface area contributed by atoms with Crippen LogP contribution in [0.1, 0.15) is 76.0 Å². The van der Waals surface area contributed by atoms with Gasteiger partial charge in [-0.3, -0.25) is 9.78 Å². The van der Waals surface area contributed by atoms with E-state index in [2.05, 4.69) is 10.3 Å². The summed E-state index contributed by atoms with van der Waals surface area (Å²) in [6.45, 7) is 14.6. The molecule has 3 aromatic heterocycles. The van der Waals surface area contributed by atoms with Crippen LogP contribution in [-0.4, -0.2) is 32.8 Å². The molecule has 1 unspecified atom stereocenters. The molecule has 0 spiro atoms. The summed E-state index contributed by atoms with van der Waals surface area (Å²) in [4.78, 5) is 44.4. The molecule has 5 aromatic rings. The molecule has 44 heavy (non-hydrogen) atoms. The summed E-state index contributed by atoms with van der Waals surface area (Å²) in [5, 5.41) is 3.82. The number of aryl methyl sites for hydroxylation is 1. The molecule has 1 N–H and O–H groups in total. The Labute approximate surface area is 255 Å². The average Bonchev–Trinajstić information content (AvgIpc) is 3.31. The van der Waals surface area contributed by atoms with Crippen LogP contribution in [0.4, 0.5) is 10.5 Å². The van der Waals surface area contributed by atoms with E-state index in [0.29, 0.717) is 44.5 Å². The van der Waals surface area contributed by atoms with Gasteiger partial charge in [-0.05, 0) is 97.4 Å². The Morgan fingerprint density at radius 1 is 0.932 bits per heavy atom. The van der Waals surface area contributed by atoms with Gasteiger partial charge in [0.15, 0.2) is 11.2 Å². The van der Waals surface area contributed by atoms with E-state index < -0.39 is 29.3 Å². The number of carbonyl (C=O) groups is 2. The second-order valence-electron chi connectivity index (χ2n) is 12.9. The van der Waals surface area contributed by atoms with Crippen LogP contribution in [0.2, 0.25) is 0 Å². The molecule has 0 aliphatic heterocycles. The Balaban J connectivity index is 1.63. The number of ether oxygens (including phenoxy) is 2. The van der Waals surface area contributed by atoms with Gasteiger partial charge in [-0.1, -0.05) is 18.2 Å². The van der Waals surface area contributed by atoms with Crippen molar-refractivity contribution in [3.8, 4) is 11.5 Å². The van der Waals surface area contributed by atoms with Gasteiger partial charge in [0.2, 0.25) is 0 Å². The monoisotopic (exact) mass is 595 g/mol. The predicted molar refractivity (Wildman–Crippen MR) is 171 cm³/mol. The lowest BCUT2D eigenvalue weighted by Crippen LogP contribution is -2.27. The molecule has 0 fully saturated rings. The maximum absolute atomic E-state index is 13.6. The van der Waals surface area contributed by atoms with Crippen molar-refractivity contribution in [2.75, 3.05) is 5.32 Å². The lowest BCUT2D eigenvalue weighted by atomic mass is 10.0. The molecule has 5 rings (SSSR count). The second kappa shape index (κ2) is 11.3. The molecule has 9 nitrogen and oxygen atoms in total. The SMILES string of the molecule is Cc1cc(C(C)Nc2ccccc2C(=O)OC(C)(C)C)c2oc(-c3cc4ncccc4n3C(=O)OC(C)(C)C)cc(=O)c2c1. The molecule has 2 aromatic carbocycles. The lowest BCUT2D eigenvalue weighted by molar-refractivity contribution is 0.00703. The van der Waals surface area contributed by atoms with Crippen molar-refractivity contribution in [2.24, 2.45) is 0 Å². The number of hydrogen-bond donors (Lipinski definition) is 1. The van der Waals surface area contributed by atoms with Crippen molar-refractivity contribution in [3.05, 3.63) is 93.8 Å². The van der Waals surface area contributed by atoms with Gasteiger partial charge < -0.3 is 19.2 Å². The number of pyridine rings is 1. The number of fused-ring (bicyclic) bond motifs is 2. The summed E-state index contributed by atoms with van der Waals surface area (Å²) < 4.78 is 19.2. The Hall–Kier alpha value is -4.92. The van der Waals surface area contributed by atoms with E-state index >= 15 is 0 Å². The summed E-state index contributed by atoms with van der Waals surface area (Å²) in [5.41, 5.74) is 2.66. The molecule has 0 aliphatic rings. The van der Waals surface area contributed by atoms with E-state index in [1.54, 1.807) is 63.4 Å². The van der Waals surface area contributed by atoms with E-state index in [0.717, 1.165) is 5.56 Å². The minimum Gasteiger partial charge on any atom is -0.456 e. The van der Waals surface area contributed by atoms with Gasteiger partial charge >= 0.3 is 12.1 Å². The van der Waals surface area contributed by atoms with Crippen molar-refractivity contribution in [1.29, 1.82) is 0 Å². The lowest BCUT2D eigenvalue weighted by Gasteiger charge is -2.23. The first-order chi connectivity index (χ1) is 20.6. The smallest absolute Gasteiger partial charge is 0.419 e. The number of nitrogens with one attached hydrogen (secondary N) is 1. The minimum absolute atomic E-state index is 0.192. The first kappa shape index (κ1) is 30.5. The number of esters is 1. The number of nitrogens with zero attached hydrogens (tertiary/aromatic N) is 2. The van der Waals surface area contributed by atoms with Crippen molar-refractivity contribution in [2.45, 2.75) is 72.6 Å². The third-order valence-electron chi connectivity index (χ3n) is 6.79. The topological polar surface area (TPSA) is 113 Å². The Morgan fingerprint density at radius 3 is 2.34 bits per heavy atom. The molecular weight excluding hydrogens is 558 g/mol. The molecule has 3 heterocycles. The Bertz CT molecular complexity index is 1960. The highest BCUT2D eigenvalue weighted by Crippen LogP contribution is 2.34. The summed E-state index contributed by atoms with van der Waals surface area (Å²) in [6, 6.07) is 17.0. The Morgan fingerprint density at radius 2 is 1.64 bits per heavy atom. The van der Waals surface area contributed by atoms with Crippen LogP contribution in [0.5, 0.6) is 0 Å². The quantitative estimate of drug-likeness (QED) is 0.203. The third kappa shape index (κ3) is 6.37. The highest BCUT2D eigenvalue weighted by molar-refractivity contribution is 5.96. The summed E-state index contributed by atoms with van der Waals surface area (Å²) in [6.07, 6.45) is 1.02. The van der Waals surface area contributed by atoms with Crippen molar-refractivity contribution in [3.63, 3.8) is 0 Å². The zero-order valence-electron chi connectivity index (χ0n) is 26.3. The molecule has 0 saturated heterocycles. The first-order valence-electron chi connectivity index (χ1n) is 14.5. The van der Waals surface area contributed by atoms with E-state index in [9.17, 15) is 14.4 Å². The highest BCUT2D eigenvalue weighted by Gasteiger charge is 2.26. The van der Waals surface area contributed by atoms with Gasteiger partial charge in [0, 0.05) is 23.5 Å². The van der Waals surface area contributed by atoms with E-state index in [1.165, 1.54) is 10.6 Å². The van der Waals surface area contributed by atoms with Gasteiger partial charge in [0.05, 0.1) is 33.7 Å². The van der Waals surface area contributed by atoms with E-state index in [1.807, 2.05) is 52.8 Å². The maximum atomic E-state index is 13.6. The molecule has 9 heteroatoms. The fourth-order valence-electron chi connectivity index (χ4n) is 5.03. The number of aromatic nitrogens is 2. The van der Waals surface area contributed by atoms with E-state index in [4.69, 9.17) is 13.9 Å². The standard InChI is InChI=1S/C35H37N3O6/c1-20-16-23(21(2)37-25-13-10-9-12-22(25)32(40)43-34(3,4)5)31-24(17-20)29(39)19-30(42-31)28-18-26-27(14-11-15-36-26)38(28)33(41)44-35(6,7)8/h9-19,21,37H,1-8H3. The van der Waals surface area contributed by atoms with Crippen LogP contribution in [-0.2, 0) is 9.47 Å².